The van der Waals surface area contributed by atoms with Crippen molar-refractivity contribution >= 4 is 55.2 Å². The molecule has 0 atom stereocenters. The van der Waals surface area contributed by atoms with E-state index in [0.29, 0.717) is 11.7 Å². The van der Waals surface area contributed by atoms with Crippen LogP contribution in [0, 0.1) is 6.92 Å². The highest BCUT2D eigenvalue weighted by Crippen LogP contribution is 2.36. The Balaban J connectivity index is 2.08. The normalized spacial score (nSPS) is 11.8. The van der Waals surface area contributed by atoms with Crippen LogP contribution in [0.5, 0.6) is 5.19 Å². The molecule has 0 bridgehead atoms. The van der Waals surface area contributed by atoms with E-state index in [9.17, 15) is 8.42 Å². The van der Waals surface area contributed by atoms with Gasteiger partial charge >= 0.3 is 15.3 Å². The number of benzene rings is 2. The molecule has 8 heteroatoms. The van der Waals surface area contributed by atoms with Crippen molar-refractivity contribution in [3.05, 3.63) is 42.0 Å². The van der Waals surface area contributed by atoms with Crippen molar-refractivity contribution in [2.75, 3.05) is 12.5 Å². The summed E-state index contributed by atoms with van der Waals surface area (Å²) in [5.41, 5.74) is 2.00. The van der Waals surface area contributed by atoms with Gasteiger partial charge in [-0.2, -0.15) is 8.42 Å². The van der Waals surface area contributed by atoms with Crippen LogP contribution in [0.25, 0.3) is 10.2 Å². The van der Waals surface area contributed by atoms with Gasteiger partial charge in [0.05, 0.1) is 0 Å². The largest absolute Gasteiger partial charge is 0.447 e. The Morgan fingerprint density at radius 1 is 1.08 bits per heavy atom. The van der Waals surface area contributed by atoms with Gasteiger partial charge in [0.15, 0.2) is 6.54 Å². The number of hydrogen-bond acceptors (Lipinski definition) is 6. The van der Waals surface area contributed by atoms with Crippen molar-refractivity contribution in [3.8, 4) is 5.19 Å². The second-order valence-corrected chi connectivity index (χ2v) is 9.87. The molecular weight excluding hydrogens is 406 g/mol. The maximum absolute atomic E-state index is 12.7. The zero-order chi connectivity index (χ0) is 18.9. The Morgan fingerprint density at radius 3 is 2.27 bits per heavy atom. The average Bonchev–Trinajstić information content (AvgIpc) is 2.95. The van der Waals surface area contributed by atoms with E-state index in [4.69, 9.17) is 4.18 Å². The molecule has 0 aliphatic carbocycles. The third kappa shape index (κ3) is 3.74. The van der Waals surface area contributed by atoms with E-state index in [0.717, 1.165) is 15.8 Å². The van der Waals surface area contributed by atoms with Gasteiger partial charge < -0.3 is 4.18 Å². The van der Waals surface area contributed by atoms with Gasteiger partial charge in [-0.15, -0.1) is 28.1 Å². The molecule has 0 aliphatic rings. The van der Waals surface area contributed by atoms with Crippen LogP contribution >= 0.6 is 34.9 Å². The van der Waals surface area contributed by atoms with Crippen molar-refractivity contribution in [1.29, 1.82) is 0 Å². The van der Waals surface area contributed by atoms with Crippen LogP contribution in [-0.4, -0.2) is 20.9 Å². The van der Waals surface area contributed by atoms with Crippen LogP contribution in [0.15, 0.2) is 51.1 Å². The minimum atomic E-state index is -3.86. The van der Waals surface area contributed by atoms with Gasteiger partial charge in [0.1, 0.15) is 9.60 Å². The third-order valence-electron chi connectivity index (χ3n) is 3.98. The molecule has 1 aromatic heterocycles. The van der Waals surface area contributed by atoms with E-state index >= 15 is 0 Å². The van der Waals surface area contributed by atoms with Crippen molar-refractivity contribution < 1.29 is 17.2 Å². The van der Waals surface area contributed by atoms with Gasteiger partial charge in [-0.3, -0.25) is 0 Å². The maximum Gasteiger partial charge on any atom is 0.447 e. The summed E-state index contributed by atoms with van der Waals surface area (Å²) in [7, 11) is -3.86. The molecule has 0 radical (unpaired) electrons. The number of rotatable bonds is 6. The molecule has 138 valence electrons. The first-order chi connectivity index (χ1) is 12.4. The summed E-state index contributed by atoms with van der Waals surface area (Å²) in [5.74, 6) is 0. The smallest absolute Gasteiger partial charge is 0.310 e. The summed E-state index contributed by atoms with van der Waals surface area (Å²) >= 11 is 4.73. The van der Waals surface area contributed by atoms with Crippen LogP contribution in [-0.2, 0) is 16.7 Å². The maximum atomic E-state index is 12.7. The fourth-order valence-electron chi connectivity index (χ4n) is 2.60. The van der Waals surface area contributed by atoms with Crippen LogP contribution in [0.1, 0.15) is 12.5 Å². The van der Waals surface area contributed by atoms with Gasteiger partial charge in [0, 0.05) is 15.9 Å². The number of aromatic nitrogens is 1. The number of thiazole rings is 1. The van der Waals surface area contributed by atoms with Crippen molar-refractivity contribution in [3.63, 3.8) is 0 Å². The molecule has 0 amide bonds. The molecule has 0 spiro atoms. The van der Waals surface area contributed by atoms with E-state index in [2.05, 4.69) is 12.1 Å². The van der Waals surface area contributed by atoms with Crippen molar-refractivity contribution in [1.82, 2.24) is 0 Å². The zero-order valence-electron chi connectivity index (χ0n) is 15.0. The lowest BCUT2D eigenvalue weighted by atomic mass is 10.2. The van der Waals surface area contributed by atoms with Gasteiger partial charge in [-0.1, -0.05) is 17.7 Å². The summed E-state index contributed by atoms with van der Waals surface area (Å²) in [6.07, 6.45) is 4.09. The van der Waals surface area contributed by atoms with Crippen LogP contribution < -0.4 is 8.75 Å². The summed E-state index contributed by atoms with van der Waals surface area (Å²) in [5, 5.41) is 0.383. The average molecular weight is 427 g/mol. The molecule has 0 saturated heterocycles. The molecule has 0 fully saturated rings. The number of nitrogens with zero attached hydrogens (tertiary/aromatic N) is 1. The molecule has 0 saturated carbocycles. The number of thioether (sulfide) groups is 2. The summed E-state index contributed by atoms with van der Waals surface area (Å²) in [6.45, 7) is 4.53. The first-order valence-electron chi connectivity index (χ1n) is 7.99. The Kier molecular flexibility index (Phi) is 5.86. The quantitative estimate of drug-likeness (QED) is 0.324. The number of fused-ring (bicyclic) bond motifs is 1. The molecule has 3 aromatic rings. The highest BCUT2D eigenvalue weighted by atomic mass is 32.2. The first-order valence-corrected chi connectivity index (χ1v) is 12.7. The van der Waals surface area contributed by atoms with Gasteiger partial charge in [0.25, 0.3) is 0 Å². The molecule has 0 unspecified atom stereocenters. The lowest BCUT2D eigenvalue weighted by molar-refractivity contribution is -0.666. The van der Waals surface area contributed by atoms with Gasteiger partial charge in [0.2, 0.25) is 5.52 Å². The fourth-order valence-corrected chi connectivity index (χ4v) is 6.38. The number of aryl methyl sites for hydroxylation is 2. The molecular formula is C18H20NO3S4+. The Bertz CT molecular complexity index is 1040. The topological polar surface area (TPSA) is 47.2 Å². The van der Waals surface area contributed by atoms with E-state index in [1.54, 1.807) is 47.8 Å². The third-order valence-corrected chi connectivity index (χ3v) is 8.02. The SMILES string of the molecule is CC[n+]1c(OS(=O)(=O)c2ccc(C)cc2)sc2cc(SC)c(SC)cc21. The summed E-state index contributed by atoms with van der Waals surface area (Å²) < 4.78 is 33.8. The molecule has 1 heterocycles. The van der Waals surface area contributed by atoms with E-state index in [1.165, 1.54) is 21.1 Å². The van der Waals surface area contributed by atoms with Crippen LogP contribution in [0.4, 0.5) is 0 Å². The Hall–Kier alpha value is -1.22. The molecule has 26 heavy (non-hydrogen) atoms. The standard InChI is InChI=1S/C18H20NO3S4/c1-5-19-14-10-16(23-3)17(24-4)11-15(14)25-18(19)22-26(20,21)13-8-6-12(2)7-9-13/h6-11H,5H2,1-4H3/q+1. The first kappa shape index (κ1) is 19.5. The Labute approximate surface area is 166 Å². The highest BCUT2D eigenvalue weighted by Gasteiger charge is 2.28. The predicted molar refractivity (Wildman–Crippen MR) is 110 cm³/mol. The highest BCUT2D eigenvalue weighted by molar-refractivity contribution is 8.01. The predicted octanol–water partition coefficient (Wildman–Crippen LogP) is 4.73. The monoisotopic (exact) mass is 426 g/mol. The number of hydrogen-bond donors (Lipinski definition) is 0. The van der Waals surface area contributed by atoms with E-state index in [-0.39, 0.29) is 4.90 Å². The second kappa shape index (κ2) is 7.80. The van der Waals surface area contributed by atoms with Crippen molar-refractivity contribution in [2.24, 2.45) is 0 Å². The van der Waals surface area contributed by atoms with E-state index < -0.39 is 10.1 Å². The summed E-state index contributed by atoms with van der Waals surface area (Å²) in [4.78, 5) is 2.53. The van der Waals surface area contributed by atoms with Crippen LogP contribution in [0.3, 0.4) is 0 Å². The lowest BCUT2D eigenvalue weighted by Gasteiger charge is -2.04. The van der Waals surface area contributed by atoms with Crippen molar-refractivity contribution in [2.45, 2.75) is 35.1 Å². The molecule has 4 nitrogen and oxygen atoms in total. The Morgan fingerprint density at radius 2 is 1.69 bits per heavy atom. The molecule has 3 rings (SSSR count). The van der Waals surface area contributed by atoms with E-state index in [1.807, 2.05) is 30.9 Å². The lowest BCUT2D eigenvalue weighted by Crippen LogP contribution is -2.33. The fraction of sp³-hybridized carbons (Fsp3) is 0.278. The minimum Gasteiger partial charge on any atom is -0.310 e. The van der Waals surface area contributed by atoms with Gasteiger partial charge in [-0.25, -0.2) is 0 Å². The molecule has 2 aromatic carbocycles. The second-order valence-electron chi connectivity index (χ2n) is 5.64. The van der Waals surface area contributed by atoms with Gasteiger partial charge in [-0.05, 0) is 55.9 Å². The molecule has 0 N–H and O–H groups in total. The minimum absolute atomic E-state index is 0.165. The molecule has 0 aliphatic heterocycles. The zero-order valence-corrected chi connectivity index (χ0v) is 18.2. The summed E-state index contributed by atoms with van der Waals surface area (Å²) in [6, 6.07) is 10.9. The van der Waals surface area contributed by atoms with Crippen LogP contribution in [0.2, 0.25) is 0 Å².